The van der Waals surface area contributed by atoms with Gasteiger partial charge in [0.15, 0.2) is 0 Å². The predicted octanol–water partition coefficient (Wildman–Crippen LogP) is 4.27. The zero-order chi connectivity index (χ0) is 22.9. The van der Waals surface area contributed by atoms with Gasteiger partial charge in [0.1, 0.15) is 6.54 Å². The van der Waals surface area contributed by atoms with Crippen LogP contribution in [0.4, 0.5) is 18.9 Å². The van der Waals surface area contributed by atoms with Gasteiger partial charge in [-0.15, -0.1) is 0 Å². The molecule has 1 amide bonds. The maximum atomic E-state index is 12.8. The van der Waals surface area contributed by atoms with Gasteiger partial charge >= 0.3 is 6.18 Å². The van der Waals surface area contributed by atoms with Gasteiger partial charge in [0.2, 0.25) is 15.9 Å². The first-order valence-corrected chi connectivity index (χ1v) is 11.1. The highest BCUT2D eigenvalue weighted by Crippen LogP contribution is 2.31. The first-order valence-electron chi connectivity index (χ1n) is 9.22. The molecule has 0 saturated carbocycles. The molecule has 0 saturated heterocycles. The van der Waals surface area contributed by atoms with Crippen molar-refractivity contribution in [3.8, 4) is 0 Å². The van der Waals surface area contributed by atoms with Crippen molar-refractivity contribution in [2.75, 3.05) is 17.1 Å². The summed E-state index contributed by atoms with van der Waals surface area (Å²) < 4.78 is 63.4. The van der Waals surface area contributed by atoms with E-state index >= 15 is 0 Å². The van der Waals surface area contributed by atoms with Crippen LogP contribution in [0.5, 0.6) is 0 Å². The fourth-order valence-electron chi connectivity index (χ4n) is 3.16. The monoisotopic (exact) mass is 442 g/mol. The average Bonchev–Trinajstić information content (AvgIpc) is 2.61. The smallest absolute Gasteiger partial charge is 0.348 e. The number of sulfonamides is 1. The fraction of sp³-hybridized carbons (Fsp3) is 0.381. The highest BCUT2D eigenvalue weighted by Gasteiger charge is 2.31. The second kappa shape index (κ2) is 8.67. The van der Waals surface area contributed by atoms with Crippen molar-refractivity contribution in [1.29, 1.82) is 0 Å². The molecule has 0 spiro atoms. The van der Waals surface area contributed by atoms with Gasteiger partial charge in [0.25, 0.3) is 0 Å². The van der Waals surface area contributed by atoms with Crippen LogP contribution in [-0.4, -0.2) is 27.1 Å². The third kappa shape index (κ3) is 5.75. The lowest BCUT2D eigenvalue weighted by atomic mass is 9.96. The largest absolute Gasteiger partial charge is 0.416 e. The number of anilines is 1. The van der Waals surface area contributed by atoms with E-state index in [1.54, 1.807) is 6.92 Å². The van der Waals surface area contributed by atoms with Crippen molar-refractivity contribution in [1.82, 2.24) is 5.32 Å². The topological polar surface area (TPSA) is 66.5 Å². The predicted molar refractivity (Wildman–Crippen MR) is 111 cm³/mol. The Morgan fingerprint density at radius 3 is 2.07 bits per heavy atom. The normalized spacial score (nSPS) is 13.1. The summed E-state index contributed by atoms with van der Waals surface area (Å²) in [5, 5.41) is 2.77. The van der Waals surface area contributed by atoms with E-state index in [2.05, 4.69) is 5.32 Å². The number of alkyl halides is 3. The van der Waals surface area contributed by atoms with Crippen LogP contribution in [0.15, 0.2) is 36.4 Å². The zero-order valence-electron chi connectivity index (χ0n) is 17.5. The minimum absolute atomic E-state index is 0.0179. The van der Waals surface area contributed by atoms with E-state index in [0.717, 1.165) is 57.1 Å². The highest BCUT2D eigenvalue weighted by atomic mass is 32.2. The molecule has 9 heteroatoms. The fourth-order valence-corrected chi connectivity index (χ4v) is 4.02. The number of carbonyl (C=O) groups is 1. The lowest BCUT2D eigenvalue weighted by Crippen LogP contribution is -2.41. The average molecular weight is 443 g/mol. The van der Waals surface area contributed by atoms with Crippen LogP contribution >= 0.6 is 0 Å². The first kappa shape index (κ1) is 23.7. The van der Waals surface area contributed by atoms with Gasteiger partial charge in [0, 0.05) is 0 Å². The maximum Gasteiger partial charge on any atom is 0.416 e. The Bertz CT molecular complexity index is 1030. The van der Waals surface area contributed by atoms with Crippen LogP contribution in [-0.2, 0) is 21.0 Å². The molecule has 2 aromatic rings. The number of benzene rings is 2. The Balaban J connectivity index is 2.21. The molecule has 0 aliphatic carbocycles. The van der Waals surface area contributed by atoms with Gasteiger partial charge in [-0.05, 0) is 74.2 Å². The first-order chi connectivity index (χ1) is 13.7. The van der Waals surface area contributed by atoms with Crippen LogP contribution < -0.4 is 9.62 Å². The van der Waals surface area contributed by atoms with E-state index in [1.807, 2.05) is 32.9 Å². The molecule has 0 radical (unpaired) electrons. The Morgan fingerprint density at radius 1 is 1.03 bits per heavy atom. The summed E-state index contributed by atoms with van der Waals surface area (Å²) in [7, 11) is -3.89. The molecule has 0 heterocycles. The molecule has 5 nitrogen and oxygen atoms in total. The summed E-state index contributed by atoms with van der Waals surface area (Å²) in [5.74, 6) is -0.564. The van der Waals surface area contributed by atoms with Crippen LogP contribution in [0.2, 0.25) is 0 Å². The third-order valence-electron chi connectivity index (χ3n) is 4.90. The van der Waals surface area contributed by atoms with Gasteiger partial charge in [-0.2, -0.15) is 13.2 Å². The molecule has 0 aliphatic rings. The van der Waals surface area contributed by atoms with E-state index in [-0.39, 0.29) is 11.7 Å². The number of carbonyl (C=O) groups excluding carboxylic acids is 1. The number of aryl methyl sites for hydroxylation is 3. The maximum absolute atomic E-state index is 12.8. The summed E-state index contributed by atoms with van der Waals surface area (Å²) >= 11 is 0. The lowest BCUT2D eigenvalue weighted by Gasteiger charge is -2.24. The molecule has 0 bridgehead atoms. The quantitative estimate of drug-likeness (QED) is 0.727. The SMILES string of the molecule is Cc1cc(C)c([C@H](C)NC(=O)CN(c2ccc(C(F)(F)F)cc2)S(C)(=O)=O)cc1C. The van der Waals surface area contributed by atoms with Crippen molar-refractivity contribution in [3.05, 3.63) is 64.2 Å². The molecule has 1 N–H and O–H groups in total. The molecule has 1 atom stereocenters. The second-order valence-corrected chi connectivity index (χ2v) is 9.30. The number of rotatable bonds is 6. The molecular weight excluding hydrogens is 417 g/mol. The van der Waals surface area contributed by atoms with E-state index in [9.17, 15) is 26.4 Å². The molecular formula is C21H25F3N2O3S. The minimum atomic E-state index is -4.54. The molecule has 0 unspecified atom stereocenters. The number of halogens is 3. The Kier molecular flexibility index (Phi) is 6.86. The molecule has 0 fully saturated rings. The summed E-state index contributed by atoms with van der Waals surface area (Å²) in [4.78, 5) is 12.5. The number of hydrogen-bond donors (Lipinski definition) is 1. The standard InChI is InChI=1S/C21H25F3N2O3S/c1-13-10-15(3)19(11-14(13)2)16(4)25-20(27)12-26(30(5,28)29)18-8-6-17(7-9-18)21(22,23)24/h6-11,16H,12H2,1-5H3,(H,25,27)/t16-/m0/s1. The molecule has 0 aliphatic heterocycles. The number of nitrogens with one attached hydrogen (secondary N) is 1. The van der Waals surface area contributed by atoms with E-state index in [4.69, 9.17) is 0 Å². The van der Waals surface area contributed by atoms with Gasteiger partial charge in [0.05, 0.1) is 23.5 Å². The molecule has 164 valence electrons. The Morgan fingerprint density at radius 2 is 1.57 bits per heavy atom. The second-order valence-electron chi connectivity index (χ2n) is 7.40. The van der Waals surface area contributed by atoms with Crippen LogP contribution in [0.1, 0.15) is 40.8 Å². The van der Waals surface area contributed by atoms with E-state index in [0.29, 0.717) is 0 Å². The lowest BCUT2D eigenvalue weighted by molar-refractivity contribution is -0.137. The van der Waals surface area contributed by atoms with Crippen molar-refractivity contribution in [2.24, 2.45) is 0 Å². The third-order valence-corrected chi connectivity index (χ3v) is 6.04. The zero-order valence-corrected chi connectivity index (χ0v) is 18.3. The van der Waals surface area contributed by atoms with Crippen molar-refractivity contribution < 1.29 is 26.4 Å². The van der Waals surface area contributed by atoms with Crippen LogP contribution in [0, 0.1) is 20.8 Å². The van der Waals surface area contributed by atoms with Crippen molar-refractivity contribution in [3.63, 3.8) is 0 Å². The van der Waals surface area contributed by atoms with Gasteiger partial charge < -0.3 is 5.32 Å². The molecule has 2 aromatic carbocycles. The van der Waals surface area contributed by atoms with Gasteiger partial charge in [-0.25, -0.2) is 8.42 Å². The van der Waals surface area contributed by atoms with E-state index in [1.165, 1.54) is 0 Å². The highest BCUT2D eigenvalue weighted by molar-refractivity contribution is 7.92. The Labute approximate surface area is 175 Å². The van der Waals surface area contributed by atoms with E-state index < -0.39 is 34.2 Å². The van der Waals surface area contributed by atoms with Crippen LogP contribution in [0.25, 0.3) is 0 Å². The number of amides is 1. The van der Waals surface area contributed by atoms with Crippen molar-refractivity contribution in [2.45, 2.75) is 39.9 Å². The van der Waals surface area contributed by atoms with Crippen LogP contribution in [0.3, 0.4) is 0 Å². The number of hydrogen-bond acceptors (Lipinski definition) is 3. The molecule has 2 rings (SSSR count). The summed E-state index contributed by atoms with van der Waals surface area (Å²) in [6.07, 6.45) is -3.64. The minimum Gasteiger partial charge on any atom is -0.348 e. The van der Waals surface area contributed by atoms with Gasteiger partial charge in [-0.1, -0.05) is 12.1 Å². The summed E-state index contributed by atoms with van der Waals surface area (Å²) in [6, 6.07) is 7.25. The van der Waals surface area contributed by atoms with Gasteiger partial charge in [-0.3, -0.25) is 9.10 Å². The Hall–Kier alpha value is -2.55. The molecule has 0 aromatic heterocycles. The summed E-state index contributed by atoms with van der Waals surface area (Å²) in [6.45, 7) is 7.12. The summed E-state index contributed by atoms with van der Waals surface area (Å²) in [5.41, 5.74) is 3.18. The van der Waals surface area contributed by atoms with Crippen molar-refractivity contribution >= 4 is 21.6 Å². The molecule has 30 heavy (non-hydrogen) atoms. The number of nitrogens with zero attached hydrogens (tertiary/aromatic N) is 1.